The number of hydrogen-bond donors (Lipinski definition) is 3. The number of hydrogen-bond acceptors (Lipinski definition) is 5. The molecule has 0 fully saturated rings. The summed E-state index contributed by atoms with van der Waals surface area (Å²) in [4.78, 5) is 27.4. The molecule has 1 aromatic heterocycles. The smallest absolute Gasteiger partial charge is 0.320 e. The van der Waals surface area contributed by atoms with E-state index in [0.29, 0.717) is 32.4 Å². The molecule has 0 amide bonds. The van der Waals surface area contributed by atoms with E-state index in [1.54, 1.807) is 17.3 Å². The molecule has 8 nitrogen and oxygen atoms in total. The first kappa shape index (κ1) is 20.7. The number of unbranched alkanes of at least 4 members (excludes halogenated alkanes) is 1. The number of aromatic nitrogens is 2. The molecular formula is C13H22N4O4Tc. The van der Waals surface area contributed by atoms with Crippen LogP contribution in [0.5, 0.6) is 0 Å². The molecule has 0 saturated carbocycles. The number of carbonyl (C=O) groups is 2. The Labute approximate surface area is 142 Å². The van der Waals surface area contributed by atoms with Gasteiger partial charge < -0.3 is 20.5 Å². The zero-order chi connectivity index (χ0) is 15.8. The van der Waals surface area contributed by atoms with E-state index in [2.05, 4.69) is 4.98 Å². The molecule has 4 N–H and O–H groups in total. The molecule has 0 aromatic carbocycles. The van der Waals surface area contributed by atoms with Crippen molar-refractivity contribution >= 4 is 11.9 Å². The van der Waals surface area contributed by atoms with Gasteiger partial charge in [0.15, 0.2) is 0 Å². The van der Waals surface area contributed by atoms with Crippen molar-refractivity contribution < 1.29 is 39.9 Å². The minimum atomic E-state index is -1.01. The minimum absolute atomic E-state index is 0. The summed E-state index contributed by atoms with van der Waals surface area (Å²) in [5.74, 6) is -1.12. The van der Waals surface area contributed by atoms with Crippen LogP contribution < -0.4 is 5.73 Å². The molecular weight excluding hydrogens is 374 g/mol. The molecule has 0 aliphatic heterocycles. The van der Waals surface area contributed by atoms with Crippen LogP contribution in [0.4, 0.5) is 0 Å². The molecule has 0 spiro atoms. The molecule has 1 aromatic rings. The maximum Gasteiger partial charge on any atom is 0.320 e. The summed E-state index contributed by atoms with van der Waals surface area (Å²) in [6.45, 7) is 0.935. The first-order chi connectivity index (χ1) is 9.90. The van der Waals surface area contributed by atoms with Crippen molar-refractivity contribution in [2.45, 2.75) is 31.8 Å². The average molecular weight is 396 g/mol. The van der Waals surface area contributed by atoms with E-state index < -0.39 is 18.0 Å². The molecule has 1 unspecified atom stereocenters. The topological polar surface area (TPSA) is 122 Å². The maximum absolute atomic E-state index is 10.9. The van der Waals surface area contributed by atoms with Gasteiger partial charge in [-0.25, -0.2) is 4.98 Å². The fourth-order valence-electron chi connectivity index (χ4n) is 1.98. The van der Waals surface area contributed by atoms with Gasteiger partial charge in [-0.1, -0.05) is 6.42 Å². The van der Waals surface area contributed by atoms with Gasteiger partial charge in [0.05, 0.1) is 13.1 Å². The third-order valence-electron chi connectivity index (χ3n) is 3.20. The number of carboxylic acid groups (broad SMARTS) is 2. The maximum atomic E-state index is 10.9. The SMILES string of the molecule is Cn1ccnc1CN(CCCCC(N)C(=O)O)CC(=O)O.[Tc]. The summed E-state index contributed by atoms with van der Waals surface area (Å²) < 4.78 is 1.84. The van der Waals surface area contributed by atoms with E-state index in [1.807, 2.05) is 11.6 Å². The molecule has 125 valence electrons. The third kappa shape index (κ3) is 7.65. The molecule has 22 heavy (non-hydrogen) atoms. The van der Waals surface area contributed by atoms with Crippen molar-refractivity contribution in [1.29, 1.82) is 0 Å². The summed E-state index contributed by atoms with van der Waals surface area (Å²) in [7, 11) is 1.85. The Kier molecular flexibility index (Phi) is 9.84. The zero-order valence-electron chi connectivity index (χ0n) is 12.5. The van der Waals surface area contributed by atoms with Crippen LogP contribution in [-0.2, 0) is 43.3 Å². The third-order valence-corrected chi connectivity index (χ3v) is 3.20. The van der Waals surface area contributed by atoms with Gasteiger partial charge in [0.25, 0.3) is 0 Å². The van der Waals surface area contributed by atoms with Crippen molar-refractivity contribution in [1.82, 2.24) is 14.5 Å². The van der Waals surface area contributed by atoms with Crippen LogP contribution >= 0.6 is 0 Å². The fourth-order valence-corrected chi connectivity index (χ4v) is 1.98. The van der Waals surface area contributed by atoms with Crippen molar-refractivity contribution in [2.24, 2.45) is 12.8 Å². The van der Waals surface area contributed by atoms with Gasteiger partial charge in [-0.3, -0.25) is 14.5 Å². The summed E-state index contributed by atoms with van der Waals surface area (Å²) in [6, 6.07) is -0.854. The van der Waals surface area contributed by atoms with E-state index in [9.17, 15) is 9.59 Å². The van der Waals surface area contributed by atoms with Gasteiger partial charge in [0, 0.05) is 39.5 Å². The van der Waals surface area contributed by atoms with Crippen LogP contribution in [0.2, 0.25) is 0 Å². The average Bonchev–Trinajstić information content (AvgIpc) is 2.79. The van der Waals surface area contributed by atoms with E-state index in [4.69, 9.17) is 15.9 Å². The van der Waals surface area contributed by atoms with Gasteiger partial charge in [-0.15, -0.1) is 0 Å². The predicted molar refractivity (Wildman–Crippen MR) is 75.6 cm³/mol. The van der Waals surface area contributed by atoms with Crippen molar-refractivity contribution in [3.63, 3.8) is 0 Å². The quantitative estimate of drug-likeness (QED) is 0.472. The van der Waals surface area contributed by atoms with Gasteiger partial charge in [-0.05, 0) is 19.4 Å². The van der Waals surface area contributed by atoms with Crippen molar-refractivity contribution in [2.75, 3.05) is 13.1 Å². The Balaban J connectivity index is 0.00000441. The Morgan fingerprint density at radius 2 is 2.09 bits per heavy atom. The Bertz CT molecular complexity index is 480. The molecule has 1 radical (unpaired) electrons. The normalized spacial score (nSPS) is 12.0. The van der Waals surface area contributed by atoms with Gasteiger partial charge in [-0.2, -0.15) is 0 Å². The summed E-state index contributed by atoms with van der Waals surface area (Å²) in [5.41, 5.74) is 5.42. The van der Waals surface area contributed by atoms with Crippen LogP contribution in [0.15, 0.2) is 12.4 Å². The first-order valence-electron chi connectivity index (χ1n) is 6.79. The standard InChI is InChI=1S/C13H22N4O4.Tc/c1-16-7-5-15-11(16)8-17(9-12(18)19)6-3-2-4-10(14)13(20)21;/h5,7,10H,2-4,6,8-9,14H2,1H3,(H,18,19)(H,20,21);. The number of carboxylic acids is 2. The molecule has 1 atom stereocenters. The summed E-state index contributed by atoms with van der Waals surface area (Å²) >= 11 is 0. The Morgan fingerprint density at radius 3 is 2.59 bits per heavy atom. The monoisotopic (exact) mass is 395 g/mol. The molecule has 1 rings (SSSR count). The fraction of sp³-hybridized carbons (Fsp3) is 0.615. The van der Waals surface area contributed by atoms with Gasteiger partial charge in [0.2, 0.25) is 0 Å². The molecule has 0 aliphatic rings. The number of aryl methyl sites for hydroxylation is 1. The number of imidazole rings is 1. The summed E-state index contributed by atoms with van der Waals surface area (Å²) in [5, 5.41) is 17.6. The Hall–Kier alpha value is -1.28. The zero-order valence-corrected chi connectivity index (χ0v) is 14.3. The first-order valence-corrected chi connectivity index (χ1v) is 6.79. The molecule has 0 aliphatic carbocycles. The summed E-state index contributed by atoms with van der Waals surface area (Å²) in [6.07, 6.45) is 5.20. The van der Waals surface area contributed by atoms with Crippen LogP contribution in [-0.4, -0.2) is 55.7 Å². The molecule has 0 saturated heterocycles. The molecule has 9 heteroatoms. The van der Waals surface area contributed by atoms with Crippen molar-refractivity contribution in [3.05, 3.63) is 18.2 Å². The number of rotatable bonds is 10. The second kappa shape index (κ2) is 10.4. The van der Waals surface area contributed by atoms with Crippen LogP contribution in [0.3, 0.4) is 0 Å². The number of nitrogens with zero attached hydrogens (tertiary/aromatic N) is 3. The van der Waals surface area contributed by atoms with E-state index in [-0.39, 0.29) is 26.7 Å². The number of aliphatic carboxylic acids is 2. The molecule has 1 heterocycles. The second-order valence-electron chi connectivity index (χ2n) is 5.00. The van der Waals surface area contributed by atoms with Gasteiger partial charge in [0.1, 0.15) is 11.9 Å². The molecule has 0 bridgehead atoms. The predicted octanol–water partition coefficient (Wildman–Crippen LogP) is -0.114. The minimum Gasteiger partial charge on any atom is -0.480 e. The van der Waals surface area contributed by atoms with Crippen LogP contribution in [0.1, 0.15) is 25.1 Å². The van der Waals surface area contributed by atoms with Gasteiger partial charge >= 0.3 is 11.9 Å². The van der Waals surface area contributed by atoms with Crippen molar-refractivity contribution in [3.8, 4) is 0 Å². The van der Waals surface area contributed by atoms with Crippen LogP contribution in [0, 0.1) is 0 Å². The van der Waals surface area contributed by atoms with E-state index in [0.717, 1.165) is 5.82 Å². The largest absolute Gasteiger partial charge is 0.480 e. The van der Waals surface area contributed by atoms with E-state index in [1.165, 1.54) is 0 Å². The van der Waals surface area contributed by atoms with Crippen LogP contribution in [0.25, 0.3) is 0 Å². The second-order valence-corrected chi connectivity index (χ2v) is 5.00. The number of nitrogens with two attached hydrogens (primary N) is 1. The van der Waals surface area contributed by atoms with E-state index >= 15 is 0 Å². The Morgan fingerprint density at radius 1 is 1.41 bits per heavy atom.